The molecule has 0 spiro atoms. The molecule has 13 heavy (non-hydrogen) atoms. The smallest absolute Gasteiger partial charge is 0.177 e. The Bertz CT molecular complexity index is 420. The molecule has 0 radical (unpaired) electrons. The van der Waals surface area contributed by atoms with Crippen molar-refractivity contribution in [1.29, 1.82) is 0 Å². The maximum Gasteiger partial charge on any atom is 0.298 e. The van der Waals surface area contributed by atoms with Crippen LogP contribution in [-0.2, 0) is 6.54 Å². The third kappa shape index (κ3) is 1.46. The van der Waals surface area contributed by atoms with E-state index in [2.05, 4.69) is 42.0 Å². The fourth-order valence-electron chi connectivity index (χ4n) is 1.47. The molecule has 0 aliphatic rings. The average Bonchev–Trinajstić information content (AvgIpc) is 2.55. The molecular weight excluding hydrogens is 198 g/mol. The molecule has 0 amide bonds. The Morgan fingerprint density at radius 3 is 2.85 bits per heavy atom. The van der Waals surface area contributed by atoms with Crippen molar-refractivity contribution >= 4 is 33.3 Å². The number of thiazole rings is 1. The summed E-state index contributed by atoms with van der Waals surface area (Å²) in [5, 5.41) is 0. The van der Waals surface area contributed by atoms with Crippen LogP contribution in [0, 0.1) is 0 Å². The molecule has 1 nitrogen and oxygen atoms in total. The van der Waals surface area contributed by atoms with Crippen molar-refractivity contribution < 1.29 is 4.57 Å². The van der Waals surface area contributed by atoms with Crippen molar-refractivity contribution in [3.05, 3.63) is 24.3 Å². The van der Waals surface area contributed by atoms with Crippen LogP contribution in [0.15, 0.2) is 28.6 Å². The molecule has 1 aromatic heterocycles. The first-order valence-corrected chi connectivity index (χ1v) is 6.36. The summed E-state index contributed by atoms with van der Waals surface area (Å²) in [5.74, 6) is 0. The Morgan fingerprint density at radius 2 is 2.15 bits per heavy atom. The van der Waals surface area contributed by atoms with Crippen LogP contribution in [0.25, 0.3) is 10.2 Å². The maximum absolute atomic E-state index is 2.37. The lowest BCUT2D eigenvalue weighted by atomic mass is 10.3. The zero-order chi connectivity index (χ0) is 9.26. The van der Waals surface area contributed by atoms with Gasteiger partial charge in [0.05, 0.1) is 0 Å². The van der Waals surface area contributed by atoms with Gasteiger partial charge in [0, 0.05) is 6.07 Å². The number of para-hydroxylation sites is 1. The Morgan fingerprint density at radius 1 is 1.38 bits per heavy atom. The third-order valence-electron chi connectivity index (χ3n) is 2.06. The van der Waals surface area contributed by atoms with Gasteiger partial charge >= 0.3 is 0 Å². The number of aromatic nitrogens is 1. The van der Waals surface area contributed by atoms with Gasteiger partial charge in [0.25, 0.3) is 4.34 Å². The summed E-state index contributed by atoms with van der Waals surface area (Å²) >= 11 is 3.70. The molecule has 2 aromatic rings. The number of rotatable bonds is 2. The summed E-state index contributed by atoms with van der Waals surface area (Å²) in [5.41, 5.74) is 1.36. The molecule has 68 valence electrons. The standard InChI is InChI=1S/C10H12NS2/c1-3-11-8-6-4-5-7-9(8)13-10(11)12-2/h4-7H,3H2,1-2H3/q+1. The van der Waals surface area contributed by atoms with E-state index in [1.54, 1.807) is 0 Å². The van der Waals surface area contributed by atoms with Crippen molar-refractivity contribution in [1.82, 2.24) is 0 Å². The Hall–Kier alpha value is -0.540. The topological polar surface area (TPSA) is 3.88 Å². The second kappa shape index (κ2) is 3.68. The zero-order valence-electron chi connectivity index (χ0n) is 7.78. The van der Waals surface area contributed by atoms with E-state index >= 15 is 0 Å². The second-order valence-corrected chi connectivity index (χ2v) is 4.87. The molecule has 0 unspecified atom stereocenters. The van der Waals surface area contributed by atoms with Crippen LogP contribution in [0.1, 0.15) is 6.92 Å². The first kappa shape index (κ1) is 9.03. The first-order valence-electron chi connectivity index (χ1n) is 4.32. The van der Waals surface area contributed by atoms with E-state index in [1.807, 2.05) is 23.1 Å². The number of aryl methyl sites for hydroxylation is 1. The van der Waals surface area contributed by atoms with Crippen LogP contribution in [0.2, 0.25) is 0 Å². The molecule has 0 saturated heterocycles. The van der Waals surface area contributed by atoms with Gasteiger partial charge in [-0.3, -0.25) is 0 Å². The minimum Gasteiger partial charge on any atom is -0.177 e. The quantitative estimate of drug-likeness (QED) is 0.544. The Balaban J connectivity index is 2.73. The predicted molar refractivity (Wildman–Crippen MR) is 59.5 cm³/mol. The molecule has 3 heteroatoms. The van der Waals surface area contributed by atoms with Gasteiger partial charge in [-0.1, -0.05) is 23.5 Å². The third-order valence-corrected chi connectivity index (χ3v) is 4.34. The average molecular weight is 210 g/mol. The maximum atomic E-state index is 2.37. The molecular formula is C10H12NS2+. The minimum atomic E-state index is 1.06. The lowest BCUT2D eigenvalue weighted by molar-refractivity contribution is -0.698. The molecule has 1 aromatic carbocycles. The van der Waals surface area contributed by atoms with Crippen LogP contribution in [0.3, 0.4) is 0 Å². The summed E-state index contributed by atoms with van der Waals surface area (Å²) in [4.78, 5) is 0. The zero-order valence-corrected chi connectivity index (χ0v) is 9.41. The van der Waals surface area contributed by atoms with E-state index in [4.69, 9.17) is 0 Å². The Labute approximate surface area is 86.4 Å². The van der Waals surface area contributed by atoms with Crippen molar-refractivity contribution in [3.8, 4) is 0 Å². The fraction of sp³-hybridized carbons (Fsp3) is 0.300. The largest absolute Gasteiger partial charge is 0.298 e. The summed E-state index contributed by atoms with van der Waals surface area (Å²) < 4.78 is 5.14. The molecule has 0 aliphatic carbocycles. The van der Waals surface area contributed by atoms with E-state index in [-0.39, 0.29) is 0 Å². The summed E-state index contributed by atoms with van der Waals surface area (Å²) in [6.07, 6.45) is 2.14. The number of nitrogens with zero attached hydrogens (tertiary/aromatic N) is 1. The van der Waals surface area contributed by atoms with Gasteiger partial charge in [0.1, 0.15) is 11.2 Å². The predicted octanol–water partition coefficient (Wildman–Crippen LogP) is 2.93. The summed E-state index contributed by atoms with van der Waals surface area (Å²) in [6, 6.07) is 8.58. The number of hydrogen-bond donors (Lipinski definition) is 0. The number of fused-ring (bicyclic) bond motifs is 1. The van der Waals surface area contributed by atoms with Crippen LogP contribution < -0.4 is 4.57 Å². The van der Waals surface area contributed by atoms with E-state index in [0.29, 0.717) is 0 Å². The normalized spacial score (nSPS) is 10.9. The number of hydrogen-bond acceptors (Lipinski definition) is 2. The first-order chi connectivity index (χ1) is 6.36. The fourth-order valence-corrected chi connectivity index (χ4v) is 3.47. The molecule has 1 heterocycles. The van der Waals surface area contributed by atoms with Crippen molar-refractivity contribution in [2.75, 3.05) is 6.26 Å². The van der Waals surface area contributed by atoms with Crippen LogP contribution >= 0.6 is 23.1 Å². The van der Waals surface area contributed by atoms with Gasteiger partial charge in [-0.2, -0.15) is 4.57 Å². The van der Waals surface area contributed by atoms with Gasteiger partial charge in [0.2, 0.25) is 5.52 Å². The van der Waals surface area contributed by atoms with Gasteiger partial charge in [-0.25, -0.2) is 0 Å². The summed E-state index contributed by atoms with van der Waals surface area (Å²) in [6.45, 7) is 3.25. The SMILES string of the molecule is CC[n+]1c(SC)sc2ccccc21. The van der Waals surface area contributed by atoms with E-state index in [9.17, 15) is 0 Å². The van der Waals surface area contributed by atoms with Gasteiger partial charge in [-0.05, 0) is 31.0 Å². The van der Waals surface area contributed by atoms with Crippen molar-refractivity contribution in [3.63, 3.8) is 0 Å². The molecule has 2 rings (SSSR count). The van der Waals surface area contributed by atoms with Crippen molar-refractivity contribution in [2.24, 2.45) is 0 Å². The van der Waals surface area contributed by atoms with Crippen LogP contribution in [0.5, 0.6) is 0 Å². The lowest BCUT2D eigenvalue weighted by Crippen LogP contribution is -2.32. The minimum absolute atomic E-state index is 1.06. The second-order valence-electron chi connectivity index (χ2n) is 2.78. The molecule has 0 atom stereocenters. The highest BCUT2D eigenvalue weighted by Crippen LogP contribution is 2.25. The van der Waals surface area contributed by atoms with Gasteiger partial charge in [-0.15, -0.1) is 0 Å². The van der Waals surface area contributed by atoms with Crippen molar-refractivity contribution in [2.45, 2.75) is 17.8 Å². The molecule has 0 bridgehead atoms. The highest BCUT2D eigenvalue weighted by atomic mass is 32.2. The highest BCUT2D eigenvalue weighted by molar-refractivity contribution is 8.00. The summed E-state index contributed by atoms with van der Waals surface area (Å²) in [7, 11) is 0. The molecule has 0 fully saturated rings. The molecule has 0 saturated carbocycles. The van der Waals surface area contributed by atoms with Crippen LogP contribution in [0.4, 0.5) is 0 Å². The monoisotopic (exact) mass is 210 g/mol. The highest BCUT2D eigenvalue weighted by Gasteiger charge is 2.16. The number of thioether (sulfide) groups is 1. The van der Waals surface area contributed by atoms with Crippen LogP contribution in [-0.4, -0.2) is 6.26 Å². The van der Waals surface area contributed by atoms with E-state index in [0.717, 1.165) is 6.54 Å². The van der Waals surface area contributed by atoms with E-state index in [1.165, 1.54) is 14.6 Å². The van der Waals surface area contributed by atoms with Gasteiger partial charge in [0.15, 0.2) is 0 Å². The molecule has 0 N–H and O–H groups in total. The van der Waals surface area contributed by atoms with E-state index < -0.39 is 0 Å². The Kier molecular flexibility index (Phi) is 2.56. The lowest BCUT2D eigenvalue weighted by Gasteiger charge is -1.90. The number of benzene rings is 1. The molecule has 0 aliphatic heterocycles. The van der Waals surface area contributed by atoms with Gasteiger partial charge < -0.3 is 0 Å².